The van der Waals surface area contributed by atoms with Gasteiger partial charge in [-0.1, -0.05) is 13.3 Å². The molecule has 1 rings (SSSR count). The lowest BCUT2D eigenvalue weighted by Crippen LogP contribution is -2.24. The van der Waals surface area contributed by atoms with Crippen LogP contribution in [-0.2, 0) is 13.0 Å². The molecule has 0 saturated heterocycles. The summed E-state index contributed by atoms with van der Waals surface area (Å²) in [6.07, 6.45) is 6.20. The Morgan fingerprint density at radius 1 is 1.35 bits per heavy atom. The molecule has 1 heterocycles. The molecule has 0 bridgehead atoms. The minimum absolute atomic E-state index is 0.680. The lowest BCUT2D eigenvalue weighted by atomic mass is 10.0. The van der Waals surface area contributed by atoms with E-state index in [0.717, 1.165) is 18.7 Å². The van der Waals surface area contributed by atoms with E-state index >= 15 is 0 Å². The van der Waals surface area contributed by atoms with Gasteiger partial charge in [0.15, 0.2) is 0 Å². The second-order valence-corrected chi connectivity index (χ2v) is 4.76. The summed E-state index contributed by atoms with van der Waals surface area (Å²) in [5.74, 6) is 0. The van der Waals surface area contributed by atoms with Crippen LogP contribution in [0.15, 0.2) is 6.07 Å². The highest BCUT2D eigenvalue weighted by molar-refractivity contribution is 5.09. The van der Waals surface area contributed by atoms with Crippen molar-refractivity contribution in [3.05, 3.63) is 17.5 Å². The number of rotatable bonds is 8. The summed E-state index contributed by atoms with van der Waals surface area (Å²) >= 11 is 0. The molecule has 1 aromatic rings. The predicted octanol–water partition coefficient (Wildman–Crippen LogP) is 2.92. The Balaban J connectivity index is 2.39. The zero-order valence-electron chi connectivity index (χ0n) is 11.8. The van der Waals surface area contributed by atoms with Crippen molar-refractivity contribution in [3.8, 4) is 0 Å². The van der Waals surface area contributed by atoms with Gasteiger partial charge in [-0.25, -0.2) is 0 Å². The number of hydrogen-bond donors (Lipinski definition) is 1. The Labute approximate surface area is 106 Å². The number of hydrogen-bond acceptors (Lipinski definition) is 2. The van der Waals surface area contributed by atoms with Crippen molar-refractivity contribution in [2.75, 3.05) is 7.05 Å². The Bertz CT molecular complexity index is 317. The van der Waals surface area contributed by atoms with E-state index in [2.05, 4.69) is 49.0 Å². The largest absolute Gasteiger partial charge is 0.317 e. The highest BCUT2D eigenvalue weighted by Crippen LogP contribution is 2.11. The summed E-state index contributed by atoms with van der Waals surface area (Å²) in [7, 11) is 2.07. The Kier molecular flexibility index (Phi) is 6.27. The van der Waals surface area contributed by atoms with Crippen LogP contribution in [-0.4, -0.2) is 22.9 Å². The van der Waals surface area contributed by atoms with E-state index in [-0.39, 0.29) is 0 Å². The molecule has 3 nitrogen and oxygen atoms in total. The van der Waals surface area contributed by atoms with Gasteiger partial charge in [0.1, 0.15) is 0 Å². The van der Waals surface area contributed by atoms with Gasteiger partial charge in [-0.3, -0.25) is 4.68 Å². The molecule has 0 amide bonds. The molecule has 98 valence electrons. The molecule has 0 aliphatic rings. The summed E-state index contributed by atoms with van der Waals surface area (Å²) in [5.41, 5.74) is 2.52. The smallest absolute Gasteiger partial charge is 0.0596 e. The quantitative estimate of drug-likeness (QED) is 0.753. The topological polar surface area (TPSA) is 29.9 Å². The van der Waals surface area contributed by atoms with Crippen molar-refractivity contribution in [1.82, 2.24) is 15.1 Å². The van der Waals surface area contributed by atoms with Crippen molar-refractivity contribution in [2.24, 2.45) is 0 Å². The van der Waals surface area contributed by atoms with Gasteiger partial charge in [-0.05, 0) is 52.6 Å². The van der Waals surface area contributed by atoms with Gasteiger partial charge in [-0.15, -0.1) is 0 Å². The van der Waals surface area contributed by atoms with E-state index < -0.39 is 0 Å². The van der Waals surface area contributed by atoms with Gasteiger partial charge >= 0.3 is 0 Å². The molecular weight excluding hydrogens is 210 g/mol. The number of aryl methyl sites for hydroxylation is 3. The molecule has 0 saturated carbocycles. The van der Waals surface area contributed by atoms with E-state index in [4.69, 9.17) is 0 Å². The molecule has 0 aliphatic carbocycles. The fourth-order valence-electron chi connectivity index (χ4n) is 2.39. The summed E-state index contributed by atoms with van der Waals surface area (Å²) in [4.78, 5) is 0. The summed E-state index contributed by atoms with van der Waals surface area (Å²) in [6, 6.07) is 2.90. The number of aromatic nitrogens is 2. The fourth-order valence-corrected chi connectivity index (χ4v) is 2.39. The summed E-state index contributed by atoms with van der Waals surface area (Å²) in [6.45, 7) is 7.46. The van der Waals surface area contributed by atoms with Gasteiger partial charge in [0.05, 0.1) is 5.69 Å². The molecule has 17 heavy (non-hydrogen) atoms. The third-order valence-electron chi connectivity index (χ3n) is 3.32. The average Bonchev–Trinajstić information content (AvgIpc) is 2.68. The van der Waals surface area contributed by atoms with Gasteiger partial charge in [0, 0.05) is 18.3 Å². The highest BCUT2D eigenvalue weighted by atomic mass is 15.3. The van der Waals surface area contributed by atoms with Crippen molar-refractivity contribution < 1.29 is 0 Å². The van der Waals surface area contributed by atoms with Crippen LogP contribution in [0.5, 0.6) is 0 Å². The van der Waals surface area contributed by atoms with Crippen molar-refractivity contribution in [3.63, 3.8) is 0 Å². The number of nitrogens with zero attached hydrogens (tertiary/aromatic N) is 2. The molecule has 0 fully saturated rings. The summed E-state index contributed by atoms with van der Waals surface area (Å²) < 4.78 is 2.13. The molecule has 0 radical (unpaired) electrons. The Morgan fingerprint density at radius 2 is 2.12 bits per heavy atom. The second kappa shape index (κ2) is 7.49. The van der Waals surface area contributed by atoms with Gasteiger partial charge < -0.3 is 5.32 Å². The van der Waals surface area contributed by atoms with E-state index in [9.17, 15) is 0 Å². The van der Waals surface area contributed by atoms with E-state index in [0.29, 0.717) is 6.04 Å². The molecule has 0 aliphatic heterocycles. The average molecular weight is 237 g/mol. The first-order valence-electron chi connectivity index (χ1n) is 6.91. The SMILES string of the molecule is CCCC(CCCc1cc(C)nn1CC)NC. The standard InChI is InChI=1S/C14H27N3/c1-5-8-13(15-4)9-7-10-14-11-12(3)16-17(14)6-2/h11,13,15H,5-10H2,1-4H3. The molecule has 1 N–H and O–H groups in total. The zero-order chi connectivity index (χ0) is 12.7. The Morgan fingerprint density at radius 3 is 2.71 bits per heavy atom. The van der Waals surface area contributed by atoms with Crippen molar-refractivity contribution in [2.45, 2.75) is 65.5 Å². The van der Waals surface area contributed by atoms with Gasteiger partial charge in [0.25, 0.3) is 0 Å². The molecule has 0 aromatic carbocycles. The van der Waals surface area contributed by atoms with Crippen LogP contribution in [0.1, 0.15) is 50.9 Å². The first kappa shape index (κ1) is 14.2. The molecule has 3 heteroatoms. The van der Waals surface area contributed by atoms with Crippen LogP contribution in [0.2, 0.25) is 0 Å². The van der Waals surface area contributed by atoms with Crippen LogP contribution >= 0.6 is 0 Å². The monoisotopic (exact) mass is 237 g/mol. The van der Waals surface area contributed by atoms with E-state index in [1.165, 1.54) is 31.4 Å². The minimum Gasteiger partial charge on any atom is -0.317 e. The maximum Gasteiger partial charge on any atom is 0.0596 e. The van der Waals surface area contributed by atoms with Gasteiger partial charge in [0.2, 0.25) is 0 Å². The summed E-state index contributed by atoms with van der Waals surface area (Å²) in [5, 5.41) is 7.89. The fraction of sp³-hybridized carbons (Fsp3) is 0.786. The Hall–Kier alpha value is -0.830. The van der Waals surface area contributed by atoms with Crippen LogP contribution in [0.25, 0.3) is 0 Å². The van der Waals surface area contributed by atoms with E-state index in [1.807, 2.05) is 0 Å². The van der Waals surface area contributed by atoms with E-state index in [1.54, 1.807) is 0 Å². The lowest BCUT2D eigenvalue weighted by Gasteiger charge is -2.14. The van der Waals surface area contributed by atoms with Crippen molar-refractivity contribution in [1.29, 1.82) is 0 Å². The first-order chi connectivity index (χ1) is 8.21. The maximum absolute atomic E-state index is 4.48. The van der Waals surface area contributed by atoms with Crippen LogP contribution in [0.4, 0.5) is 0 Å². The van der Waals surface area contributed by atoms with Crippen LogP contribution in [0.3, 0.4) is 0 Å². The zero-order valence-corrected chi connectivity index (χ0v) is 11.8. The third-order valence-corrected chi connectivity index (χ3v) is 3.32. The van der Waals surface area contributed by atoms with Crippen LogP contribution in [0, 0.1) is 6.92 Å². The third kappa shape index (κ3) is 4.50. The number of nitrogens with one attached hydrogen (secondary N) is 1. The van der Waals surface area contributed by atoms with Crippen molar-refractivity contribution >= 4 is 0 Å². The first-order valence-corrected chi connectivity index (χ1v) is 6.91. The molecular formula is C14H27N3. The van der Waals surface area contributed by atoms with Gasteiger partial charge in [-0.2, -0.15) is 5.10 Å². The highest BCUT2D eigenvalue weighted by Gasteiger charge is 2.07. The maximum atomic E-state index is 4.48. The molecule has 0 spiro atoms. The normalized spacial score (nSPS) is 12.9. The lowest BCUT2D eigenvalue weighted by molar-refractivity contribution is 0.464. The second-order valence-electron chi connectivity index (χ2n) is 4.76. The molecule has 1 aromatic heterocycles. The predicted molar refractivity (Wildman–Crippen MR) is 73.3 cm³/mol. The molecule has 1 unspecified atom stereocenters. The molecule has 1 atom stereocenters. The van der Waals surface area contributed by atoms with Crippen LogP contribution < -0.4 is 5.32 Å². The minimum atomic E-state index is 0.680.